The van der Waals surface area contributed by atoms with Crippen LogP contribution in [0.4, 0.5) is 0 Å². The summed E-state index contributed by atoms with van der Waals surface area (Å²) in [6.07, 6.45) is -0.400. The van der Waals surface area contributed by atoms with E-state index in [9.17, 15) is 9.90 Å². The normalized spacial score (nSPS) is 17.0. The van der Waals surface area contributed by atoms with Crippen LogP contribution in [0, 0.1) is 6.92 Å². The van der Waals surface area contributed by atoms with E-state index in [0.29, 0.717) is 22.6 Å². The fraction of sp³-hybridized carbons (Fsp3) is 0.235. The molecule has 0 saturated carbocycles. The maximum absolute atomic E-state index is 12.4. The van der Waals surface area contributed by atoms with E-state index < -0.39 is 6.10 Å². The molecule has 0 spiro atoms. The summed E-state index contributed by atoms with van der Waals surface area (Å²) < 4.78 is 11.1. The molecule has 0 fully saturated rings. The maximum atomic E-state index is 12.4. The van der Waals surface area contributed by atoms with Crippen LogP contribution < -0.4 is 9.47 Å². The van der Waals surface area contributed by atoms with Crippen LogP contribution in [0.25, 0.3) is 0 Å². The fourth-order valence-electron chi connectivity index (χ4n) is 2.62. The molecule has 1 aliphatic heterocycles. The van der Waals surface area contributed by atoms with Crippen molar-refractivity contribution in [2.45, 2.75) is 19.4 Å². The average molecular weight is 284 g/mol. The summed E-state index contributed by atoms with van der Waals surface area (Å²) in [6.45, 7) is 1.77. The topological polar surface area (TPSA) is 55.8 Å². The lowest BCUT2D eigenvalue weighted by Crippen LogP contribution is -2.26. The zero-order valence-electron chi connectivity index (χ0n) is 11.9. The minimum Gasteiger partial charge on any atom is -0.507 e. The van der Waals surface area contributed by atoms with Crippen LogP contribution in [-0.2, 0) is 11.2 Å². The van der Waals surface area contributed by atoms with Crippen molar-refractivity contribution in [2.24, 2.45) is 0 Å². The smallest absolute Gasteiger partial charge is 0.182 e. The summed E-state index contributed by atoms with van der Waals surface area (Å²) >= 11 is 0. The number of phenolic OH excluding ortho intramolecular Hbond substituents is 1. The molecule has 0 aromatic heterocycles. The average Bonchev–Trinajstić information content (AvgIpc) is 2.51. The number of hydrogen-bond acceptors (Lipinski definition) is 4. The van der Waals surface area contributed by atoms with E-state index in [1.54, 1.807) is 6.92 Å². The van der Waals surface area contributed by atoms with Crippen molar-refractivity contribution in [1.29, 1.82) is 0 Å². The van der Waals surface area contributed by atoms with E-state index in [2.05, 4.69) is 0 Å². The van der Waals surface area contributed by atoms with Gasteiger partial charge in [-0.1, -0.05) is 30.3 Å². The molecule has 3 rings (SSSR count). The second-order valence-corrected chi connectivity index (χ2v) is 5.08. The van der Waals surface area contributed by atoms with Crippen molar-refractivity contribution in [3.63, 3.8) is 0 Å². The summed E-state index contributed by atoms with van der Waals surface area (Å²) in [5, 5.41) is 9.97. The van der Waals surface area contributed by atoms with Crippen LogP contribution in [0.1, 0.15) is 22.8 Å². The Hall–Kier alpha value is -2.49. The van der Waals surface area contributed by atoms with Gasteiger partial charge >= 0.3 is 0 Å². The van der Waals surface area contributed by atoms with Crippen molar-refractivity contribution < 1.29 is 19.4 Å². The van der Waals surface area contributed by atoms with Gasteiger partial charge in [-0.25, -0.2) is 0 Å². The zero-order valence-corrected chi connectivity index (χ0v) is 11.9. The lowest BCUT2D eigenvalue weighted by atomic mass is 9.93. The van der Waals surface area contributed by atoms with Crippen LogP contribution >= 0.6 is 0 Å². The molecule has 4 heteroatoms. The van der Waals surface area contributed by atoms with Gasteiger partial charge in [-0.05, 0) is 12.5 Å². The summed E-state index contributed by atoms with van der Waals surface area (Å²) in [4.78, 5) is 12.4. The number of carbonyl (C=O) groups is 1. The second-order valence-electron chi connectivity index (χ2n) is 5.08. The molecule has 108 valence electrons. The highest BCUT2D eigenvalue weighted by Crippen LogP contribution is 2.43. The summed E-state index contributed by atoms with van der Waals surface area (Å²) in [5.41, 5.74) is 2.14. The number of fused-ring (bicyclic) bond motifs is 1. The van der Waals surface area contributed by atoms with E-state index in [0.717, 1.165) is 5.56 Å². The van der Waals surface area contributed by atoms with Gasteiger partial charge in [0.2, 0.25) is 0 Å². The molecule has 0 amide bonds. The SMILES string of the molecule is COc1cc(O)c(C)c2c1CC(=O)C(c1ccccc1)O2. The number of methoxy groups -OCH3 is 1. The maximum Gasteiger partial charge on any atom is 0.182 e. The van der Waals surface area contributed by atoms with Crippen molar-refractivity contribution in [1.82, 2.24) is 0 Å². The first-order valence-corrected chi connectivity index (χ1v) is 6.75. The third-order valence-electron chi connectivity index (χ3n) is 3.77. The molecule has 0 saturated heterocycles. The molecule has 1 atom stereocenters. The third-order valence-corrected chi connectivity index (χ3v) is 3.77. The van der Waals surface area contributed by atoms with Gasteiger partial charge in [-0.3, -0.25) is 4.79 Å². The molecule has 1 heterocycles. The molecule has 4 nitrogen and oxygen atoms in total. The second kappa shape index (κ2) is 5.13. The first-order valence-electron chi connectivity index (χ1n) is 6.75. The van der Waals surface area contributed by atoms with Gasteiger partial charge in [0.25, 0.3) is 0 Å². The van der Waals surface area contributed by atoms with Gasteiger partial charge in [0, 0.05) is 23.6 Å². The number of benzene rings is 2. The number of aromatic hydroxyl groups is 1. The van der Waals surface area contributed by atoms with Crippen molar-refractivity contribution in [3.8, 4) is 17.2 Å². The molecular formula is C17H16O4. The third kappa shape index (κ3) is 2.23. The van der Waals surface area contributed by atoms with E-state index in [1.165, 1.54) is 13.2 Å². The minimum absolute atomic E-state index is 0.0166. The zero-order chi connectivity index (χ0) is 15.0. The summed E-state index contributed by atoms with van der Waals surface area (Å²) in [5.74, 6) is 1.11. The number of hydrogen-bond donors (Lipinski definition) is 1. The highest BCUT2D eigenvalue weighted by Gasteiger charge is 2.33. The standard InChI is InChI=1S/C17H16O4/c1-10-13(18)9-15(20-2)12-8-14(19)17(21-16(10)12)11-6-4-3-5-7-11/h3-7,9,17-18H,8H2,1-2H3. The van der Waals surface area contributed by atoms with Crippen molar-refractivity contribution in [2.75, 3.05) is 7.11 Å². The van der Waals surface area contributed by atoms with Crippen molar-refractivity contribution >= 4 is 5.78 Å². The number of ether oxygens (including phenoxy) is 2. The molecule has 2 aromatic carbocycles. The van der Waals surface area contributed by atoms with Crippen molar-refractivity contribution in [3.05, 3.63) is 53.1 Å². The Morgan fingerprint density at radius 1 is 1.29 bits per heavy atom. The predicted octanol–water partition coefficient (Wildman–Crippen LogP) is 2.95. The Morgan fingerprint density at radius 3 is 2.67 bits per heavy atom. The van der Waals surface area contributed by atoms with Gasteiger partial charge in [-0.15, -0.1) is 0 Å². The van der Waals surface area contributed by atoms with Crippen LogP contribution in [0.3, 0.4) is 0 Å². The fourth-order valence-corrected chi connectivity index (χ4v) is 2.62. The van der Waals surface area contributed by atoms with E-state index in [1.807, 2.05) is 30.3 Å². The Kier molecular flexibility index (Phi) is 3.29. The molecule has 2 aromatic rings. The monoisotopic (exact) mass is 284 g/mol. The lowest BCUT2D eigenvalue weighted by molar-refractivity contribution is -0.126. The quantitative estimate of drug-likeness (QED) is 0.921. The molecule has 1 aliphatic rings. The molecule has 1 N–H and O–H groups in total. The Morgan fingerprint density at radius 2 is 2.00 bits per heavy atom. The van der Waals surface area contributed by atoms with E-state index in [4.69, 9.17) is 9.47 Å². The summed E-state index contributed by atoms with van der Waals surface area (Å²) in [7, 11) is 1.51. The van der Waals surface area contributed by atoms with Gasteiger partial charge in [0.15, 0.2) is 11.9 Å². The molecule has 0 radical (unpaired) electrons. The number of ketones is 1. The van der Waals surface area contributed by atoms with E-state index in [-0.39, 0.29) is 18.0 Å². The highest BCUT2D eigenvalue weighted by molar-refractivity contribution is 5.90. The number of Topliss-reactive ketones (excluding diaryl/α,β-unsaturated/α-hetero) is 1. The van der Waals surface area contributed by atoms with Crippen LogP contribution in [-0.4, -0.2) is 18.0 Å². The molecule has 0 aliphatic carbocycles. The van der Waals surface area contributed by atoms with Gasteiger partial charge in [0.1, 0.15) is 17.2 Å². The number of rotatable bonds is 2. The minimum atomic E-state index is -0.635. The molecular weight excluding hydrogens is 268 g/mol. The Balaban J connectivity index is 2.09. The Labute approximate surface area is 122 Å². The molecule has 0 bridgehead atoms. The predicted molar refractivity (Wildman–Crippen MR) is 77.9 cm³/mol. The largest absolute Gasteiger partial charge is 0.507 e. The lowest BCUT2D eigenvalue weighted by Gasteiger charge is -2.28. The number of carbonyl (C=O) groups excluding carboxylic acids is 1. The highest BCUT2D eigenvalue weighted by atomic mass is 16.5. The van der Waals surface area contributed by atoms with Crippen LogP contribution in [0.15, 0.2) is 36.4 Å². The summed E-state index contributed by atoms with van der Waals surface area (Å²) in [6, 6.07) is 10.9. The van der Waals surface area contributed by atoms with Crippen LogP contribution in [0.2, 0.25) is 0 Å². The Bertz CT molecular complexity index is 692. The first kappa shape index (κ1) is 13.5. The molecule has 1 unspecified atom stereocenters. The number of phenols is 1. The first-order chi connectivity index (χ1) is 10.1. The van der Waals surface area contributed by atoms with E-state index >= 15 is 0 Å². The van der Waals surface area contributed by atoms with Gasteiger partial charge in [0.05, 0.1) is 7.11 Å². The van der Waals surface area contributed by atoms with Crippen LogP contribution in [0.5, 0.6) is 17.2 Å². The molecule has 21 heavy (non-hydrogen) atoms. The van der Waals surface area contributed by atoms with Gasteiger partial charge < -0.3 is 14.6 Å². The van der Waals surface area contributed by atoms with Gasteiger partial charge in [-0.2, -0.15) is 0 Å².